The molecule has 1 atom stereocenters. The number of nitrogens with one attached hydrogen (secondary N) is 1. The fraction of sp³-hybridized carbons (Fsp3) is 0.333. The highest BCUT2D eigenvalue weighted by Gasteiger charge is 2.14. The van der Waals surface area contributed by atoms with E-state index in [1.807, 2.05) is 48.0 Å². The van der Waals surface area contributed by atoms with Crippen LogP contribution in [0.2, 0.25) is 0 Å². The van der Waals surface area contributed by atoms with Crippen LogP contribution >= 0.6 is 11.8 Å². The van der Waals surface area contributed by atoms with Crippen molar-refractivity contribution < 1.29 is 5.11 Å². The molecule has 112 valence electrons. The fourth-order valence-corrected chi connectivity index (χ4v) is 2.89. The quantitative estimate of drug-likeness (QED) is 0.577. The van der Waals surface area contributed by atoms with Gasteiger partial charge in [0, 0.05) is 12.3 Å². The van der Waals surface area contributed by atoms with Gasteiger partial charge in [-0.2, -0.15) is 0 Å². The van der Waals surface area contributed by atoms with Crippen molar-refractivity contribution in [3.05, 3.63) is 54.4 Å². The van der Waals surface area contributed by atoms with Crippen LogP contribution in [0.1, 0.15) is 17.5 Å². The molecule has 0 aliphatic carbocycles. The zero-order chi connectivity index (χ0) is 15.1. The highest BCUT2D eigenvalue weighted by Crippen LogP contribution is 2.24. The molecule has 1 aromatic carbocycles. The van der Waals surface area contributed by atoms with Crippen molar-refractivity contribution in [3.63, 3.8) is 0 Å². The van der Waals surface area contributed by atoms with E-state index in [4.69, 9.17) is 0 Å². The van der Waals surface area contributed by atoms with E-state index in [9.17, 15) is 5.11 Å². The third kappa shape index (κ3) is 4.17. The molecular weight excluding hydrogens is 284 g/mol. The number of rotatable bonds is 8. The molecule has 2 rings (SSSR count). The normalized spacial score (nSPS) is 12.3. The first kappa shape index (κ1) is 15.8. The van der Waals surface area contributed by atoms with Crippen molar-refractivity contribution in [2.75, 3.05) is 12.8 Å². The van der Waals surface area contributed by atoms with Gasteiger partial charge in [0.15, 0.2) is 5.16 Å². The standard InChI is InChI=1S/C15H20N4OS/c1-3-9-19-14(10-16-2)17-18-15(19)21-11-13(20)12-7-5-4-6-8-12/h3-8,13,16,20H,1,9-11H2,2H3/t13-/m0/s1. The van der Waals surface area contributed by atoms with E-state index in [1.54, 1.807) is 0 Å². The summed E-state index contributed by atoms with van der Waals surface area (Å²) in [4.78, 5) is 0. The largest absolute Gasteiger partial charge is 0.388 e. The number of thioether (sulfide) groups is 1. The molecule has 21 heavy (non-hydrogen) atoms. The molecule has 0 saturated heterocycles. The van der Waals surface area contributed by atoms with Gasteiger partial charge in [-0.15, -0.1) is 16.8 Å². The van der Waals surface area contributed by atoms with Gasteiger partial charge in [0.2, 0.25) is 0 Å². The monoisotopic (exact) mass is 304 g/mol. The average molecular weight is 304 g/mol. The summed E-state index contributed by atoms with van der Waals surface area (Å²) in [6.45, 7) is 5.08. The third-order valence-electron chi connectivity index (χ3n) is 2.99. The lowest BCUT2D eigenvalue weighted by Crippen LogP contribution is -2.12. The number of hydrogen-bond acceptors (Lipinski definition) is 5. The van der Waals surface area contributed by atoms with Crippen LogP contribution in [0.25, 0.3) is 0 Å². The van der Waals surface area contributed by atoms with Crippen LogP contribution < -0.4 is 5.32 Å². The molecule has 0 aliphatic heterocycles. The number of benzene rings is 1. The zero-order valence-electron chi connectivity index (χ0n) is 12.1. The van der Waals surface area contributed by atoms with Crippen LogP contribution in [-0.2, 0) is 13.1 Å². The predicted octanol–water partition coefficient (Wildman–Crippen LogP) is 2.01. The van der Waals surface area contributed by atoms with E-state index < -0.39 is 6.10 Å². The van der Waals surface area contributed by atoms with Gasteiger partial charge < -0.3 is 15.0 Å². The fourth-order valence-electron chi connectivity index (χ4n) is 1.95. The Morgan fingerprint density at radius 1 is 1.38 bits per heavy atom. The number of nitrogens with zero attached hydrogens (tertiary/aromatic N) is 3. The molecule has 0 aliphatic rings. The molecule has 0 amide bonds. The van der Waals surface area contributed by atoms with Crippen LogP contribution in [-0.4, -0.2) is 32.7 Å². The highest BCUT2D eigenvalue weighted by atomic mass is 32.2. The summed E-state index contributed by atoms with van der Waals surface area (Å²) < 4.78 is 2.01. The Bertz CT molecular complexity index is 570. The summed E-state index contributed by atoms with van der Waals surface area (Å²) >= 11 is 1.50. The van der Waals surface area contributed by atoms with Crippen molar-refractivity contribution in [1.29, 1.82) is 0 Å². The topological polar surface area (TPSA) is 63.0 Å². The van der Waals surface area contributed by atoms with Gasteiger partial charge in [-0.25, -0.2) is 0 Å². The third-order valence-corrected chi connectivity index (χ3v) is 4.04. The molecule has 0 fully saturated rings. The Kier molecular flexibility index (Phi) is 5.98. The Hall–Kier alpha value is -1.63. The lowest BCUT2D eigenvalue weighted by Gasteiger charge is -2.11. The number of aromatic nitrogens is 3. The summed E-state index contributed by atoms with van der Waals surface area (Å²) in [5.41, 5.74) is 0.912. The highest BCUT2D eigenvalue weighted by molar-refractivity contribution is 7.99. The Labute approximate surface area is 129 Å². The molecule has 0 radical (unpaired) electrons. The number of hydrogen-bond donors (Lipinski definition) is 2. The van der Waals surface area contributed by atoms with E-state index in [0.717, 1.165) is 16.5 Å². The summed E-state index contributed by atoms with van der Waals surface area (Å²) in [6.07, 6.45) is 1.30. The van der Waals surface area contributed by atoms with E-state index in [2.05, 4.69) is 22.1 Å². The van der Waals surface area contributed by atoms with Crippen LogP contribution in [0, 0.1) is 0 Å². The minimum atomic E-state index is -0.516. The summed E-state index contributed by atoms with van der Waals surface area (Å²) in [7, 11) is 1.87. The Morgan fingerprint density at radius 3 is 2.81 bits per heavy atom. The molecule has 0 spiro atoms. The predicted molar refractivity (Wildman–Crippen MR) is 85.1 cm³/mol. The van der Waals surface area contributed by atoms with Gasteiger partial charge in [0.1, 0.15) is 5.82 Å². The molecular formula is C15H20N4OS. The Morgan fingerprint density at radius 2 is 2.14 bits per heavy atom. The van der Waals surface area contributed by atoms with Gasteiger partial charge >= 0.3 is 0 Å². The van der Waals surface area contributed by atoms with E-state index in [-0.39, 0.29) is 0 Å². The number of aliphatic hydroxyl groups excluding tert-OH is 1. The smallest absolute Gasteiger partial charge is 0.191 e. The second-order valence-electron chi connectivity index (χ2n) is 4.57. The average Bonchev–Trinajstić information content (AvgIpc) is 2.89. The molecule has 5 nitrogen and oxygen atoms in total. The molecule has 1 heterocycles. The molecule has 1 aromatic heterocycles. The first-order valence-electron chi connectivity index (χ1n) is 6.79. The number of aliphatic hydroxyl groups is 1. The maximum absolute atomic E-state index is 10.2. The Balaban J connectivity index is 2.04. The van der Waals surface area contributed by atoms with E-state index in [0.29, 0.717) is 18.8 Å². The second kappa shape index (κ2) is 7.97. The second-order valence-corrected chi connectivity index (χ2v) is 5.55. The summed E-state index contributed by atoms with van der Waals surface area (Å²) in [6, 6.07) is 9.63. The minimum Gasteiger partial charge on any atom is -0.388 e. The lowest BCUT2D eigenvalue weighted by molar-refractivity contribution is 0.204. The molecule has 2 aromatic rings. The van der Waals surface area contributed by atoms with Crippen molar-refractivity contribution in [2.45, 2.75) is 24.3 Å². The van der Waals surface area contributed by atoms with Crippen molar-refractivity contribution in [3.8, 4) is 0 Å². The maximum atomic E-state index is 10.2. The van der Waals surface area contributed by atoms with Gasteiger partial charge in [0.25, 0.3) is 0 Å². The van der Waals surface area contributed by atoms with Crippen LogP contribution in [0.15, 0.2) is 48.1 Å². The zero-order valence-corrected chi connectivity index (χ0v) is 12.9. The minimum absolute atomic E-state index is 0.516. The van der Waals surface area contributed by atoms with Crippen LogP contribution in [0.4, 0.5) is 0 Å². The van der Waals surface area contributed by atoms with Crippen molar-refractivity contribution in [2.24, 2.45) is 0 Å². The molecule has 0 saturated carbocycles. The first-order valence-corrected chi connectivity index (χ1v) is 7.78. The molecule has 2 N–H and O–H groups in total. The maximum Gasteiger partial charge on any atom is 0.191 e. The SMILES string of the molecule is C=CCn1c(CNC)nnc1SC[C@H](O)c1ccccc1. The summed E-state index contributed by atoms with van der Waals surface area (Å²) in [5.74, 6) is 1.41. The van der Waals surface area contributed by atoms with E-state index >= 15 is 0 Å². The molecule has 0 unspecified atom stereocenters. The van der Waals surface area contributed by atoms with Crippen molar-refractivity contribution in [1.82, 2.24) is 20.1 Å². The number of allylic oxidation sites excluding steroid dienone is 1. The molecule has 0 bridgehead atoms. The van der Waals surface area contributed by atoms with Crippen LogP contribution in [0.5, 0.6) is 0 Å². The molecule has 6 heteroatoms. The van der Waals surface area contributed by atoms with Crippen LogP contribution in [0.3, 0.4) is 0 Å². The lowest BCUT2D eigenvalue weighted by atomic mass is 10.1. The van der Waals surface area contributed by atoms with Gasteiger partial charge in [-0.3, -0.25) is 0 Å². The van der Waals surface area contributed by atoms with Gasteiger partial charge in [-0.05, 0) is 12.6 Å². The van der Waals surface area contributed by atoms with Gasteiger partial charge in [-0.1, -0.05) is 48.2 Å². The first-order chi connectivity index (χ1) is 10.3. The van der Waals surface area contributed by atoms with E-state index in [1.165, 1.54) is 11.8 Å². The summed E-state index contributed by atoms with van der Waals surface area (Å²) in [5, 5.41) is 22.4. The van der Waals surface area contributed by atoms with Crippen molar-refractivity contribution >= 4 is 11.8 Å². The van der Waals surface area contributed by atoms with Gasteiger partial charge in [0.05, 0.1) is 12.6 Å².